The van der Waals surface area contributed by atoms with Crippen LogP contribution in [0.25, 0.3) is 5.69 Å². The number of ether oxygens (including phenoxy) is 2. The van der Waals surface area contributed by atoms with Gasteiger partial charge in [-0.05, 0) is 57.1 Å². The maximum Gasteiger partial charge on any atom is 0.292 e. The minimum Gasteiger partial charge on any atom is -0.492 e. The molecule has 0 amide bonds. The quantitative estimate of drug-likeness (QED) is 0.726. The van der Waals surface area contributed by atoms with E-state index in [4.69, 9.17) is 21.1 Å². The Labute approximate surface area is 170 Å². The second-order valence-corrected chi connectivity index (χ2v) is 7.58. The van der Waals surface area contributed by atoms with Gasteiger partial charge in [0.25, 0.3) is 5.56 Å². The molecule has 1 aliphatic rings. The molecule has 2 aromatic rings. The maximum absolute atomic E-state index is 12.6. The van der Waals surface area contributed by atoms with Crippen LogP contribution in [0, 0.1) is 5.92 Å². The highest BCUT2D eigenvalue weighted by Gasteiger charge is 2.16. The van der Waals surface area contributed by atoms with Gasteiger partial charge in [0.2, 0.25) is 0 Å². The van der Waals surface area contributed by atoms with Crippen LogP contribution in [0.1, 0.15) is 12.8 Å². The van der Waals surface area contributed by atoms with Crippen molar-refractivity contribution in [3.8, 4) is 11.4 Å². The van der Waals surface area contributed by atoms with E-state index in [9.17, 15) is 4.79 Å². The molecule has 1 aliphatic heterocycles. The van der Waals surface area contributed by atoms with Gasteiger partial charge in [0, 0.05) is 19.7 Å². The fourth-order valence-electron chi connectivity index (χ4n) is 2.99. The zero-order chi connectivity index (χ0) is 19.9. The van der Waals surface area contributed by atoms with Crippen LogP contribution in [0.3, 0.4) is 0 Å². The van der Waals surface area contributed by atoms with Crippen LogP contribution in [0.5, 0.6) is 5.75 Å². The van der Waals surface area contributed by atoms with E-state index in [1.165, 1.54) is 4.68 Å². The van der Waals surface area contributed by atoms with Gasteiger partial charge in [-0.15, -0.1) is 0 Å². The molecule has 1 fully saturated rings. The van der Waals surface area contributed by atoms with Crippen molar-refractivity contribution in [2.24, 2.45) is 5.92 Å². The Kier molecular flexibility index (Phi) is 7.30. The molecule has 152 valence electrons. The second kappa shape index (κ2) is 9.91. The topological polar surface area (TPSA) is 68.6 Å². The van der Waals surface area contributed by atoms with Gasteiger partial charge in [-0.1, -0.05) is 11.6 Å². The van der Waals surface area contributed by atoms with E-state index in [-0.39, 0.29) is 10.6 Å². The summed E-state index contributed by atoms with van der Waals surface area (Å²) >= 11 is 6.30. The monoisotopic (exact) mass is 406 g/mol. The highest BCUT2D eigenvalue weighted by atomic mass is 35.5. The van der Waals surface area contributed by atoms with Gasteiger partial charge < -0.3 is 19.7 Å². The van der Waals surface area contributed by atoms with Crippen LogP contribution in [-0.4, -0.2) is 61.7 Å². The van der Waals surface area contributed by atoms with Crippen LogP contribution in [0.15, 0.2) is 35.3 Å². The molecule has 3 rings (SSSR count). The lowest BCUT2D eigenvalue weighted by Gasteiger charge is -2.22. The van der Waals surface area contributed by atoms with Crippen molar-refractivity contribution in [3.05, 3.63) is 45.8 Å². The smallest absolute Gasteiger partial charge is 0.292 e. The molecule has 0 spiro atoms. The summed E-state index contributed by atoms with van der Waals surface area (Å²) in [6.07, 6.45) is 3.77. The summed E-state index contributed by atoms with van der Waals surface area (Å²) in [5.74, 6) is 1.17. The minimum absolute atomic E-state index is 0.137. The summed E-state index contributed by atoms with van der Waals surface area (Å²) in [5, 5.41) is 7.64. The SMILES string of the molecule is CN(C)CCOc1ccc(-n2ncc(NCC3CCCOC3)c(Cl)c2=O)cc1. The molecule has 0 aliphatic carbocycles. The lowest BCUT2D eigenvalue weighted by Crippen LogP contribution is -2.26. The molecule has 7 nitrogen and oxygen atoms in total. The number of anilines is 1. The summed E-state index contributed by atoms with van der Waals surface area (Å²) in [5.41, 5.74) is 0.837. The van der Waals surface area contributed by atoms with Crippen molar-refractivity contribution in [1.29, 1.82) is 0 Å². The largest absolute Gasteiger partial charge is 0.492 e. The van der Waals surface area contributed by atoms with Crippen molar-refractivity contribution < 1.29 is 9.47 Å². The Morgan fingerprint density at radius 2 is 2.14 bits per heavy atom. The number of nitrogens with zero attached hydrogens (tertiary/aromatic N) is 3. The summed E-state index contributed by atoms with van der Waals surface area (Å²) in [6, 6.07) is 7.23. The number of benzene rings is 1. The average molecular weight is 407 g/mol. The zero-order valence-electron chi connectivity index (χ0n) is 16.4. The predicted molar refractivity (Wildman–Crippen MR) is 111 cm³/mol. The summed E-state index contributed by atoms with van der Waals surface area (Å²) in [6.45, 7) is 3.71. The van der Waals surface area contributed by atoms with Crippen molar-refractivity contribution in [3.63, 3.8) is 0 Å². The first-order valence-corrected chi connectivity index (χ1v) is 9.90. The molecule has 8 heteroatoms. The van der Waals surface area contributed by atoms with Gasteiger partial charge in [0.05, 0.1) is 24.2 Å². The molecular weight excluding hydrogens is 380 g/mol. The number of nitrogens with one attached hydrogen (secondary N) is 1. The van der Waals surface area contributed by atoms with Crippen LogP contribution in [0.2, 0.25) is 5.02 Å². The van der Waals surface area contributed by atoms with Crippen molar-refractivity contribution >= 4 is 17.3 Å². The Morgan fingerprint density at radius 1 is 1.36 bits per heavy atom. The fourth-order valence-corrected chi connectivity index (χ4v) is 3.19. The van der Waals surface area contributed by atoms with E-state index in [2.05, 4.69) is 15.3 Å². The molecule has 1 aromatic carbocycles. The fraction of sp³-hybridized carbons (Fsp3) is 0.500. The molecule has 1 N–H and O–H groups in total. The molecule has 1 unspecified atom stereocenters. The van der Waals surface area contributed by atoms with E-state index < -0.39 is 0 Å². The molecule has 28 heavy (non-hydrogen) atoms. The molecule has 2 heterocycles. The standard InChI is InChI=1S/C20H27ClN4O3/c1-24(2)9-11-28-17-7-5-16(6-8-17)25-20(26)19(21)18(13-23-25)22-12-15-4-3-10-27-14-15/h5-8,13,15,22H,3-4,9-12,14H2,1-2H3. The molecule has 1 atom stereocenters. The minimum atomic E-state index is -0.354. The summed E-state index contributed by atoms with van der Waals surface area (Å²) in [4.78, 5) is 14.7. The molecule has 1 aromatic heterocycles. The Morgan fingerprint density at radius 3 is 2.82 bits per heavy atom. The summed E-state index contributed by atoms with van der Waals surface area (Å²) in [7, 11) is 3.99. The lowest BCUT2D eigenvalue weighted by molar-refractivity contribution is 0.0595. The summed E-state index contributed by atoms with van der Waals surface area (Å²) < 4.78 is 12.4. The van der Waals surface area contributed by atoms with Crippen molar-refractivity contribution in [2.75, 3.05) is 52.3 Å². The molecule has 0 radical (unpaired) electrons. The first-order chi connectivity index (χ1) is 13.5. The van der Waals surface area contributed by atoms with Crippen molar-refractivity contribution in [2.45, 2.75) is 12.8 Å². The maximum atomic E-state index is 12.6. The van der Waals surface area contributed by atoms with E-state index in [0.29, 0.717) is 30.4 Å². The second-order valence-electron chi connectivity index (χ2n) is 7.20. The number of hydrogen-bond acceptors (Lipinski definition) is 6. The van der Waals surface area contributed by atoms with Gasteiger partial charge in [-0.25, -0.2) is 0 Å². The Balaban J connectivity index is 1.65. The number of halogens is 1. The third-order valence-electron chi connectivity index (χ3n) is 4.64. The zero-order valence-corrected chi connectivity index (χ0v) is 17.1. The van der Waals surface area contributed by atoms with Crippen LogP contribution in [-0.2, 0) is 4.74 Å². The molecule has 1 saturated heterocycles. The average Bonchev–Trinajstić information content (AvgIpc) is 2.70. The van der Waals surface area contributed by atoms with Crippen LogP contribution < -0.4 is 15.6 Å². The van der Waals surface area contributed by atoms with Gasteiger partial charge in [-0.2, -0.15) is 9.78 Å². The van der Waals surface area contributed by atoms with Crippen LogP contribution >= 0.6 is 11.6 Å². The Bertz CT molecular complexity index is 817. The highest BCUT2D eigenvalue weighted by molar-refractivity contribution is 6.32. The van der Waals surface area contributed by atoms with Gasteiger partial charge in [-0.3, -0.25) is 4.79 Å². The highest BCUT2D eigenvalue weighted by Crippen LogP contribution is 2.20. The number of likely N-dealkylation sites (N-methyl/N-ethyl adjacent to an activating group) is 1. The Hall–Kier alpha value is -2.09. The van der Waals surface area contributed by atoms with Crippen molar-refractivity contribution in [1.82, 2.24) is 14.7 Å². The van der Waals surface area contributed by atoms with Gasteiger partial charge >= 0.3 is 0 Å². The van der Waals surface area contributed by atoms with E-state index in [1.807, 2.05) is 26.2 Å². The predicted octanol–water partition coefficient (Wildman–Crippen LogP) is 2.66. The van der Waals surface area contributed by atoms with E-state index in [1.54, 1.807) is 18.3 Å². The molecular formula is C20H27ClN4O3. The normalized spacial score (nSPS) is 16.9. The van der Waals surface area contributed by atoms with Crippen LogP contribution in [0.4, 0.5) is 5.69 Å². The van der Waals surface area contributed by atoms with E-state index in [0.717, 1.165) is 38.3 Å². The molecule has 0 saturated carbocycles. The third kappa shape index (κ3) is 5.47. The first-order valence-electron chi connectivity index (χ1n) is 9.52. The van der Waals surface area contributed by atoms with Gasteiger partial charge in [0.15, 0.2) is 0 Å². The number of aromatic nitrogens is 2. The lowest BCUT2D eigenvalue weighted by atomic mass is 10.0. The number of rotatable bonds is 8. The molecule has 0 bridgehead atoms. The first kappa shape index (κ1) is 20.6. The van der Waals surface area contributed by atoms with E-state index >= 15 is 0 Å². The van der Waals surface area contributed by atoms with Gasteiger partial charge in [0.1, 0.15) is 17.4 Å². The third-order valence-corrected chi connectivity index (χ3v) is 5.01. The number of hydrogen-bond donors (Lipinski definition) is 1.